The Balaban J connectivity index is 2.03. The minimum atomic E-state index is -3.27. The van der Waals surface area contributed by atoms with Crippen molar-refractivity contribution in [1.82, 2.24) is 4.72 Å². The summed E-state index contributed by atoms with van der Waals surface area (Å²) in [5.74, 6) is 0.0247. The van der Waals surface area contributed by atoms with Gasteiger partial charge < -0.3 is 5.73 Å². The third-order valence-corrected chi connectivity index (χ3v) is 5.02. The number of hydrogen-bond donors (Lipinski definition) is 2. The molecule has 2 rings (SSSR count). The zero-order valence-corrected chi connectivity index (χ0v) is 12.0. The smallest absolute Gasteiger partial charge is 0.216 e. The fraction of sp³-hybridized carbons (Fsp3) is 0.571. The molecule has 0 heterocycles. The highest BCUT2D eigenvalue weighted by Crippen LogP contribution is 2.19. The minimum absolute atomic E-state index is 0.0247. The summed E-state index contributed by atoms with van der Waals surface area (Å²) in [7, 11) is -3.27. The first-order chi connectivity index (χ1) is 9.11. The highest BCUT2D eigenvalue weighted by atomic mass is 32.2. The van der Waals surface area contributed by atoms with Gasteiger partial charge in [-0.3, -0.25) is 0 Å². The van der Waals surface area contributed by atoms with Crippen LogP contribution in [0.4, 0.5) is 0 Å². The second kappa shape index (κ2) is 6.50. The number of rotatable bonds is 5. The Hall–Kier alpha value is -0.910. The minimum Gasteiger partial charge on any atom is -0.326 e. The van der Waals surface area contributed by atoms with Crippen LogP contribution in [0.15, 0.2) is 24.3 Å². The first-order valence-corrected chi connectivity index (χ1v) is 8.53. The van der Waals surface area contributed by atoms with E-state index in [4.69, 9.17) is 5.73 Å². The second-order valence-corrected chi connectivity index (χ2v) is 6.94. The van der Waals surface area contributed by atoms with Gasteiger partial charge in [0.05, 0.1) is 5.75 Å². The summed E-state index contributed by atoms with van der Waals surface area (Å²) in [6.07, 6.45) is 5.36. The molecule has 0 bridgehead atoms. The maximum atomic E-state index is 12.2. The van der Waals surface area contributed by atoms with Crippen LogP contribution >= 0.6 is 0 Å². The molecule has 4 nitrogen and oxygen atoms in total. The largest absolute Gasteiger partial charge is 0.326 e. The van der Waals surface area contributed by atoms with Crippen molar-refractivity contribution in [3.05, 3.63) is 35.4 Å². The number of sulfonamides is 1. The van der Waals surface area contributed by atoms with Gasteiger partial charge in [-0.05, 0) is 24.0 Å². The monoisotopic (exact) mass is 282 g/mol. The normalized spacial score (nSPS) is 17.5. The van der Waals surface area contributed by atoms with E-state index in [-0.39, 0.29) is 11.8 Å². The molecule has 106 valence electrons. The van der Waals surface area contributed by atoms with Crippen LogP contribution in [0, 0.1) is 0 Å². The summed E-state index contributed by atoms with van der Waals surface area (Å²) in [4.78, 5) is 0. The van der Waals surface area contributed by atoms with Crippen molar-refractivity contribution >= 4 is 10.0 Å². The van der Waals surface area contributed by atoms with E-state index in [0.29, 0.717) is 6.54 Å². The van der Waals surface area contributed by atoms with Crippen LogP contribution in [0.3, 0.4) is 0 Å². The maximum absolute atomic E-state index is 12.2. The van der Waals surface area contributed by atoms with Gasteiger partial charge in [-0.1, -0.05) is 43.5 Å². The topological polar surface area (TPSA) is 72.2 Å². The van der Waals surface area contributed by atoms with Crippen molar-refractivity contribution in [2.24, 2.45) is 5.73 Å². The van der Waals surface area contributed by atoms with Gasteiger partial charge in [0.25, 0.3) is 0 Å². The Morgan fingerprint density at radius 2 is 1.74 bits per heavy atom. The van der Waals surface area contributed by atoms with Crippen molar-refractivity contribution < 1.29 is 8.42 Å². The zero-order chi connectivity index (χ0) is 13.7. The molecule has 1 aliphatic rings. The third kappa shape index (κ3) is 4.30. The summed E-state index contributed by atoms with van der Waals surface area (Å²) in [6.45, 7) is 0.370. The van der Waals surface area contributed by atoms with Crippen LogP contribution in [0.2, 0.25) is 0 Å². The lowest BCUT2D eigenvalue weighted by molar-refractivity contribution is 0.412. The van der Waals surface area contributed by atoms with E-state index in [2.05, 4.69) is 4.72 Å². The second-order valence-electron chi connectivity index (χ2n) is 5.18. The predicted octanol–water partition coefficient (Wildman–Crippen LogP) is 1.90. The maximum Gasteiger partial charge on any atom is 0.216 e. The van der Waals surface area contributed by atoms with Crippen LogP contribution < -0.4 is 10.5 Å². The number of hydrogen-bond acceptors (Lipinski definition) is 3. The van der Waals surface area contributed by atoms with Crippen molar-refractivity contribution in [2.75, 3.05) is 0 Å². The molecule has 1 fully saturated rings. The Morgan fingerprint density at radius 1 is 1.11 bits per heavy atom. The Kier molecular flexibility index (Phi) is 4.96. The van der Waals surface area contributed by atoms with E-state index in [9.17, 15) is 8.42 Å². The SMILES string of the molecule is NCc1ccccc1CS(=O)(=O)NC1CCCCC1. The summed E-state index contributed by atoms with van der Waals surface area (Å²) < 4.78 is 27.2. The summed E-state index contributed by atoms with van der Waals surface area (Å²) in [5, 5.41) is 0. The lowest BCUT2D eigenvalue weighted by atomic mass is 9.96. The average Bonchev–Trinajstić information content (AvgIpc) is 2.39. The predicted molar refractivity (Wildman–Crippen MR) is 77.0 cm³/mol. The summed E-state index contributed by atoms with van der Waals surface area (Å²) in [6, 6.07) is 7.56. The molecule has 0 aromatic heterocycles. The van der Waals surface area contributed by atoms with Gasteiger partial charge in [0.1, 0.15) is 0 Å². The molecule has 0 atom stereocenters. The van der Waals surface area contributed by atoms with Gasteiger partial charge in [0, 0.05) is 12.6 Å². The van der Waals surface area contributed by atoms with Gasteiger partial charge in [-0.25, -0.2) is 13.1 Å². The first kappa shape index (κ1) is 14.5. The van der Waals surface area contributed by atoms with Gasteiger partial charge in [0.15, 0.2) is 0 Å². The van der Waals surface area contributed by atoms with Crippen molar-refractivity contribution in [3.8, 4) is 0 Å². The van der Waals surface area contributed by atoms with Crippen molar-refractivity contribution in [1.29, 1.82) is 0 Å². The van der Waals surface area contributed by atoms with E-state index in [1.54, 1.807) is 0 Å². The van der Waals surface area contributed by atoms with Crippen LogP contribution in [-0.4, -0.2) is 14.5 Å². The molecule has 0 amide bonds. The van der Waals surface area contributed by atoms with E-state index in [1.165, 1.54) is 6.42 Å². The van der Waals surface area contributed by atoms with Crippen LogP contribution in [0.1, 0.15) is 43.2 Å². The molecule has 0 aliphatic heterocycles. The van der Waals surface area contributed by atoms with E-state index < -0.39 is 10.0 Å². The molecule has 1 aromatic carbocycles. The number of nitrogens with one attached hydrogen (secondary N) is 1. The Bertz CT molecular complexity index is 508. The molecule has 19 heavy (non-hydrogen) atoms. The molecule has 1 aromatic rings. The van der Waals surface area contributed by atoms with Gasteiger partial charge in [-0.2, -0.15) is 0 Å². The molecule has 0 radical (unpaired) electrons. The molecule has 0 unspecified atom stereocenters. The highest BCUT2D eigenvalue weighted by Gasteiger charge is 2.21. The van der Waals surface area contributed by atoms with Crippen LogP contribution in [0.5, 0.6) is 0 Å². The quantitative estimate of drug-likeness (QED) is 0.866. The fourth-order valence-corrected chi connectivity index (χ4v) is 4.14. The molecule has 3 N–H and O–H groups in total. The Morgan fingerprint density at radius 3 is 2.37 bits per heavy atom. The molecule has 5 heteroatoms. The van der Waals surface area contributed by atoms with Crippen molar-refractivity contribution in [2.45, 2.75) is 50.4 Å². The van der Waals surface area contributed by atoms with Crippen LogP contribution in [-0.2, 0) is 22.3 Å². The number of benzene rings is 1. The van der Waals surface area contributed by atoms with Gasteiger partial charge in [-0.15, -0.1) is 0 Å². The fourth-order valence-electron chi connectivity index (χ4n) is 2.62. The lowest BCUT2D eigenvalue weighted by Crippen LogP contribution is -2.37. The lowest BCUT2D eigenvalue weighted by Gasteiger charge is -2.22. The third-order valence-electron chi connectivity index (χ3n) is 3.64. The molecular formula is C14H22N2O2S. The number of nitrogens with two attached hydrogens (primary N) is 1. The summed E-state index contributed by atoms with van der Waals surface area (Å²) >= 11 is 0. The zero-order valence-electron chi connectivity index (χ0n) is 11.1. The Labute approximate surface area is 115 Å². The van der Waals surface area contributed by atoms with Crippen molar-refractivity contribution in [3.63, 3.8) is 0 Å². The molecule has 0 saturated heterocycles. The average molecular weight is 282 g/mol. The van der Waals surface area contributed by atoms with Gasteiger partial charge in [0.2, 0.25) is 10.0 Å². The highest BCUT2D eigenvalue weighted by molar-refractivity contribution is 7.88. The molecule has 1 saturated carbocycles. The van der Waals surface area contributed by atoms with E-state index in [1.807, 2.05) is 24.3 Å². The summed E-state index contributed by atoms with van der Waals surface area (Å²) in [5.41, 5.74) is 7.34. The van der Waals surface area contributed by atoms with Gasteiger partial charge >= 0.3 is 0 Å². The molecule has 0 spiro atoms. The standard InChI is InChI=1S/C14H22N2O2S/c15-10-12-6-4-5-7-13(12)11-19(17,18)16-14-8-2-1-3-9-14/h4-7,14,16H,1-3,8-11,15H2. The van der Waals surface area contributed by atoms with E-state index >= 15 is 0 Å². The molecule has 1 aliphatic carbocycles. The molecular weight excluding hydrogens is 260 g/mol. The van der Waals surface area contributed by atoms with E-state index in [0.717, 1.165) is 36.8 Å². The van der Waals surface area contributed by atoms with Crippen LogP contribution in [0.25, 0.3) is 0 Å². The first-order valence-electron chi connectivity index (χ1n) is 6.87.